The van der Waals surface area contributed by atoms with Crippen molar-refractivity contribution in [2.75, 3.05) is 0 Å². The van der Waals surface area contributed by atoms with Crippen molar-refractivity contribution in [1.82, 2.24) is 0 Å². The van der Waals surface area contributed by atoms with Gasteiger partial charge in [-0.3, -0.25) is 0 Å². The topological polar surface area (TPSA) is 20.2 Å². The molecule has 0 saturated heterocycles. The second-order valence-electron chi connectivity index (χ2n) is 4.80. The van der Waals surface area contributed by atoms with Crippen molar-refractivity contribution in [3.05, 3.63) is 34.4 Å². The Morgan fingerprint density at radius 3 is 1.93 bits per heavy atom. The monoisotopic (exact) mass is 206 g/mol. The van der Waals surface area contributed by atoms with Crippen LogP contribution in [0.25, 0.3) is 0 Å². The SMILES string of the molecule is Cc1cc(C)c(CC(C)C(C)O)c(C)c1. The fraction of sp³-hybridized carbons (Fsp3) is 0.571. The van der Waals surface area contributed by atoms with Crippen molar-refractivity contribution in [2.45, 2.75) is 47.1 Å². The highest BCUT2D eigenvalue weighted by Crippen LogP contribution is 2.21. The molecule has 1 heteroatoms. The van der Waals surface area contributed by atoms with Crippen molar-refractivity contribution < 1.29 is 5.11 Å². The van der Waals surface area contributed by atoms with Gasteiger partial charge >= 0.3 is 0 Å². The van der Waals surface area contributed by atoms with E-state index >= 15 is 0 Å². The fourth-order valence-electron chi connectivity index (χ4n) is 2.02. The number of hydrogen-bond acceptors (Lipinski definition) is 1. The lowest BCUT2D eigenvalue weighted by atomic mass is 9.90. The summed E-state index contributed by atoms with van der Waals surface area (Å²) in [5.74, 6) is 0.324. The van der Waals surface area contributed by atoms with Crippen LogP contribution in [0.2, 0.25) is 0 Å². The van der Waals surface area contributed by atoms with Crippen molar-refractivity contribution in [3.8, 4) is 0 Å². The maximum absolute atomic E-state index is 9.52. The van der Waals surface area contributed by atoms with Gasteiger partial charge in [0, 0.05) is 0 Å². The molecule has 0 radical (unpaired) electrons. The molecule has 15 heavy (non-hydrogen) atoms. The van der Waals surface area contributed by atoms with E-state index in [-0.39, 0.29) is 6.10 Å². The average molecular weight is 206 g/mol. The van der Waals surface area contributed by atoms with Crippen LogP contribution in [0.3, 0.4) is 0 Å². The number of benzene rings is 1. The smallest absolute Gasteiger partial charge is 0.0540 e. The Bertz CT molecular complexity index is 316. The molecule has 0 amide bonds. The average Bonchev–Trinajstić information content (AvgIpc) is 2.10. The molecule has 0 bridgehead atoms. The van der Waals surface area contributed by atoms with Gasteiger partial charge in [0.05, 0.1) is 6.10 Å². The molecule has 2 unspecified atom stereocenters. The van der Waals surface area contributed by atoms with Crippen molar-refractivity contribution in [2.24, 2.45) is 5.92 Å². The number of aliphatic hydroxyl groups is 1. The minimum atomic E-state index is -0.231. The molecule has 84 valence electrons. The van der Waals surface area contributed by atoms with E-state index in [1.807, 2.05) is 6.92 Å². The fourth-order valence-corrected chi connectivity index (χ4v) is 2.02. The molecule has 1 aromatic carbocycles. The molecule has 0 spiro atoms. The largest absolute Gasteiger partial charge is 0.393 e. The van der Waals surface area contributed by atoms with E-state index < -0.39 is 0 Å². The minimum Gasteiger partial charge on any atom is -0.393 e. The van der Waals surface area contributed by atoms with Crippen LogP contribution in [0.1, 0.15) is 36.1 Å². The van der Waals surface area contributed by atoms with E-state index in [9.17, 15) is 5.11 Å². The summed E-state index contributed by atoms with van der Waals surface area (Å²) in [5, 5.41) is 9.52. The highest BCUT2D eigenvalue weighted by molar-refractivity contribution is 5.37. The summed E-state index contributed by atoms with van der Waals surface area (Å²) >= 11 is 0. The highest BCUT2D eigenvalue weighted by Gasteiger charge is 2.12. The predicted molar refractivity (Wildman–Crippen MR) is 65.2 cm³/mol. The van der Waals surface area contributed by atoms with Gasteiger partial charge in [-0.1, -0.05) is 24.6 Å². The van der Waals surface area contributed by atoms with E-state index in [0.29, 0.717) is 5.92 Å². The van der Waals surface area contributed by atoms with Crippen LogP contribution in [0.4, 0.5) is 0 Å². The number of aliphatic hydroxyl groups excluding tert-OH is 1. The van der Waals surface area contributed by atoms with Crippen LogP contribution < -0.4 is 0 Å². The first kappa shape index (κ1) is 12.3. The summed E-state index contributed by atoms with van der Waals surface area (Å²) in [4.78, 5) is 0. The predicted octanol–water partition coefficient (Wildman–Crippen LogP) is 3.17. The lowest BCUT2D eigenvalue weighted by Crippen LogP contribution is -2.16. The molecule has 1 rings (SSSR count). The van der Waals surface area contributed by atoms with Crippen LogP contribution in [-0.4, -0.2) is 11.2 Å². The van der Waals surface area contributed by atoms with Crippen LogP contribution >= 0.6 is 0 Å². The van der Waals surface area contributed by atoms with Crippen LogP contribution in [0.5, 0.6) is 0 Å². The third-order valence-corrected chi connectivity index (χ3v) is 3.19. The second kappa shape index (κ2) is 4.80. The van der Waals surface area contributed by atoms with Gasteiger partial charge in [-0.05, 0) is 56.7 Å². The standard InChI is InChI=1S/C14H22O/c1-9-6-11(3)14(12(4)7-9)8-10(2)13(5)15/h6-7,10,13,15H,8H2,1-5H3. The number of rotatable bonds is 3. The van der Waals surface area contributed by atoms with Crippen LogP contribution in [0.15, 0.2) is 12.1 Å². The lowest BCUT2D eigenvalue weighted by Gasteiger charge is -2.18. The van der Waals surface area contributed by atoms with Crippen LogP contribution in [-0.2, 0) is 6.42 Å². The Morgan fingerprint density at radius 1 is 1.07 bits per heavy atom. The molecule has 0 saturated carbocycles. The Balaban J connectivity index is 2.95. The molecule has 0 aliphatic carbocycles. The van der Waals surface area contributed by atoms with Gasteiger partial charge in [0.1, 0.15) is 0 Å². The van der Waals surface area contributed by atoms with Gasteiger partial charge in [-0.15, -0.1) is 0 Å². The zero-order valence-corrected chi connectivity index (χ0v) is 10.5. The van der Waals surface area contributed by atoms with Gasteiger partial charge < -0.3 is 5.11 Å². The Morgan fingerprint density at radius 2 is 1.53 bits per heavy atom. The Labute approximate surface area is 93.1 Å². The summed E-state index contributed by atoms with van der Waals surface area (Å²) in [5.41, 5.74) is 5.41. The van der Waals surface area contributed by atoms with Gasteiger partial charge in [0.2, 0.25) is 0 Å². The molecule has 1 nitrogen and oxygen atoms in total. The molecule has 1 N–H and O–H groups in total. The van der Waals surface area contributed by atoms with Crippen molar-refractivity contribution >= 4 is 0 Å². The first-order valence-electron chi connectivity index (χ1n) is 5.66. The molecular weight excluding hydrogens is 184 g/mol. The number of aryl methyl sites for hydroxylation is 3. The second-order valence-corrected chi connectivity index (χ2v) is 4.80. The Kier molecular flexibility index (Phi) is 3.92. The Hall–Kier alpha value is -0.820. The molecule has 0 aliphatic heterocycles. The maximum Gasteiger partial charge on any atom is 0.0540 e. The summed E-state index contributed by atoms with van der Waals surface area (Å²) < 4.78 is 0. The van der Waals surface area contributed by atoms with Gasteiger partial charge in [0.15, 0.2) is 0 Å². The summed E-state index contributed by atoms with van der Waals surface area (Å²) in [6.45, 7) is 10.4. The normalized spacial score (nSPS) is 15.1. The maximum atomic E-state index is 9.52. The van der Waals surface area contributed by atoms with Crippen LogP contribution in [0, 0.1) is 26.7 Å². The van der Waals surface area contributed by atoms with E-state index in [1.54, 1.807) is 0 Å². The van der Waals surface area contributed by atoms with E-state index in [4.69, 9.17) is 0 Å². The molecule has 0 aliphatic rings. The third-order valence-electron chi connectivity index (χ3n) is 3.19. The van der Waals surface area contributed by atoms with Gasteiger partial charge in [-0.2, -0.15) is 0 Å². The summed E-state index contributed by atoms with van der Waals surface area (Å²) in [6.07, 6.45) is 0.736. The number of hydrogen-bond donors (Lipinski definition) is 1. The summed E-state index contributed by atoms with van der Waals surface area (Å²) in [6, 6.07) is 4.44. The first-order chi connectivity index (χ1) is 6.91. The minimum absolute atomic E-state index is 0.231. The zero-order valence-electron chi connectivity index (χ0n) is 10.5. The molecule has 0 aromatic heterocycles. The van der Waals surface area contributed by atoms with E-state index in [2.05, 4.69) is 39.8 Å². The molecule has 0 heterocycles. The lowest BCUT2D eigenvalue weighted by molar-refractivity contribution is 0.135. The molecular formula is C14H22O. The highest BCUT2D eigenvalue weighted by atomic mass is 16.3. The van der Waals surface area contributed by atoms with Crippen molar-refractivity contribution in [1.29, 1.82) is 0 Å². The molecule has 1 aromatic rings. The van der Waals surface area contributed by atoms with Crippen molar-refractivity contribution in [3.63, 3.8) is 0 Å². The first-order valence-corrected chi connectivity index (χ1v) is 5.66. The molecule has 2 atom stereocenters. The third kappa shape index (κ3) is 3.07. The van der Waals surface area contributed by atoms with E-state index in [0.717, 1.165) is 6.42 Å². The summed E-state index contributed by atoms with van der Waals surface area (Å²) in [7, 11) is 0. The zero-order chi connectivity index (χ0) is 11.6. The quantitative estimate of drug-likeness (QED) is 0.805. The molecule has 0 fully saturated rings. The van der Waals surface area contributed by atoms with E-state index in [1.165, 1.54) is 22.3 Å². The van der Waals surface area contributed by atoms with Gasteiger partial charge in [0.25, 0.3) is 0 Å². The van der Waals surface area contributed by atoms with Gasteiger partial charge in [-0.25, -0.2) is 0 Å².